The second kappa shape index (κ2) is 6.65. The fraction of sp³-hybridized carbons (Fsp3) is 0.500. The van der Waals surface area contributed by atoms with Crippen molar-refractivity contribution in [2.75, 3.05) is 12.3 Å². The van der Waals surface area contributed by atoms with Crippen LogP contribution in [0.1, 0.15) is 33.1 Å². The molecule has 0 aliphatic heterocycles. The Kier molecular flexibility index (Phi) is 5.49. The fourth-order valence-electron chi connectivity index (χ4n) is 1.55. The summed E-state index contributed by atoms with van der Waals surface area (Å²) in [5.41, 5.74) is 6.20. The molecule has 4 heteroatoms. The molecule has 0 fully saturated rings. The lowest BCUT2D eigenvalue weighted by atomic mass is 9.89. The lowest BCUT2D eigenvalue weighted by molar-refractivity contribution is 0.293. The molecule has 3 nitrogen and oxygen atoms in total. The zero-order chi connectivity index (χ0) is 13.6. The maximum absolute atomic E-state index is 8.89. The first-order valence-electron chi connectivity index (χ1n) is 6.04. The number of nitrogens with two attached hydrogens (primary N) is 1. The number of nitrogens with zero attached hydrogens (tertiary/aromatic N) is 1. The van der Waals surface area contributed by atoms with Crippen LogP contribution < -0.4 is 10.5 Å². The monoisotopic (exact) mass is 310 g/mol. The summed E-state index contributed by atoms with van der Waals surface area (Å²) in [7, 11) is 0. The Hall–Kier alpha value is -1.21. The quantitative estimate of drug-likeness (QED) is 0.635. The number of benzene rings is 1. The van der Waals surface area contributed by atoms with E-state index in [2.05, 4.69) is 22.0 Å². The summed E-state index contributed by atoms with van der Waals surface area (Å²) in [5, 5.41) is 8.89. The third-order valence-electron chi connectivity index (χ3n) is 2.75. The summed E-state index contributed by atoms with van der Waals surface area (Å²) in [6.07, 6.45) is 2.82. The molecule has 1 rings (SSSR count). The van der Waals surface area contributed by atoms with Gasteiger partial charge in [0.15, 0.2) is 0 Å². The smallest absolute Gasteiger partial charge is 0.135 e. The molecule has 1 aromatic carbocycles. The van der Waals surface area contributed by atoms with E-state index in [4.69, 9.17) is 15.7 Å². The van der Waals surface area contributed by atoms with E-state index in [-0.39, 0.29) is 5.41 Å². The zero-order valence-electron chi connectivity index (χ0n) is 10.9. The van der Waals surface area contributed by atoms with Gasteiger partial charge in [-0.15, -0.1) is 0 Å². The van der Waals surface area contributed by atoms with Crippen molar-refractivity contribution >= 4 is 21.6 Å². The van der Waals surface area contributed by atoms with E-state index >= 15 is 0 Å². The van der Waals surface area contributed by atoms with Crippen molar-refractivity contribution in [2.24, 2.45) is 5.41 Å². The molecule has 0 heterocycles. The van der Waals surface area contributed by atoms with Gasteiger partial charge in [0.05, 0.1) is 22.6 Å². The van der Waals surface area contributed by atoms with Gasteiger partial charge in [-0.05, 0) is 61.2 Å². The van der Waals surface area contributed by atoms with Crippen LogP contribution in [0.25, 0.3) is 0 Å². The number of hydrogen-bond acceptors (Lipinski definition) is 3. The van der Waals surface area contributed by atoms with Crippen LogP contribution in [0.2, 0.25) is 0 Å². The molecule has 0 amide bonds. The van der Waals surface area contributed by atoms with E-state index in [1.165, 1.54) is 0 Å². The first kappa shape index (κ1) is 14.8. The molecule has 0 atom stereocenters. The number of hydrogen-bond donors (Lipinski definition) is 1. The van der Waals surface area contributed by atoms with Gasteiger partial charge in [-0.2, -0.15) is 5.26 Å². The van der Waals surface area contributed by atoms with Crippen molar-refractivity contribution in [2.45, 2.75) is 33.1 Å². The van der Waals surface area contributed by atoms with E-state index in [1.54, 1.807) is 0 Å². The molecule has 0 aliphatic rings. The second-order valence-electron chi connectivity index (χ2n) is 4.96. The van der Waals surface area contributed by atoms with Crippen molar-refractivity contribution in [3.63, 3.8) is 0 Å². The van der Waals surface area contributed by atoms with Crippen molar-refractivity contribution in [1.29, 1.82) is 5.26 Å². The standard InChI is InChI=1S/C14H19BrN2O/c1-14(2,10-16)8-3-4-9-18-12-7-5-6-11(17)13(12)15/h5-7H,3-4,8-9,17H2,1-2H3. The van der Waals surface area contributed by atoms with Crippen LogP contribution in [0.4, 0.5) is 5.69 Å². The van der Waals surface area contributed by atoms with E-state index in [9.17, 15) is 0 Å². The molecular weight excluding hydrogens is 292 g/mol. The Bertz CT molecular complexity index is 438. The zero-order valence-corrected chi connectivity index (χ0v) is 12.5. The number of unbranched alkanes of at least 4 members (excludes halogenated alkanes) is 1. The SMILES string of the molecule is CC(C)(C#N)CCCCOc1cccc(N)c1Br. The van der Waals surface area contributed by atoms with Gasteiger partial charge >= 0.3 is 0 Å². The van der Waals surface area contributed by atoms with Crippen LogP contribution in [-0.2, 0) is 0 Å². The third kappa shape index (κ3) is 4.58. The molecule has 0 bridgehead atoms. The molecule has 0 saturated heterocycles. The number of halogens is 1. The fourth-order valence-corrected chi connectivity index (χ4v) is 1.93. The minimum absolute atomic E-state index is 0.238. The van der Waals surface area contributed by atoms with Crippen LogP contribution in [0.3, 0.4) is 0 Å². The van der Waals surface area contributed by atoms with Crippen LogP contribution in [-0.4, -0.2) is 6.61 Å². The van der Waals surface area contributed by atoms with Crippen LogP contribution in [0.5, 0.6) is 5.75 Å². The molecule has 0 radical (unpaired) electrons. The number of anilines is 1. The maximum Gasteiger partial charge on any atom is 0.135 e. The highest BCUT2D eigenvalue weighted by Gasteiger charge is 2.15. The number of nitriles is 1. The van der Waals surface area contributed by atoms with Gasteiger partial charge in [0.25, 0.3) is 0 Å². The van der Waals surface area contributed by atoms with Crippen LogP contribution in [0, 0.1) is 16.7 Å². The van der Waals surface area contributed by atoms with Gasteiger partial charge in [0.2, 0.25) is 0 Å². The molecule has 18 heavy (non-hydrogen) atoms. The van der Waals surface area contributed by atoms with Crippen LogP contribution in [0.15, 0.2) is 22.7 Å². The highest BCUT2D eigenvalue weighted by molar-refractivity contribution is 9.10. The van der Waals surface area contributed by atoms with Gasteiger partial charge in [-0.1, -0.05) is 6.07 Å². The van der Waals surface area contributed by atoms with E-state index < -0.39 is 0 Å². The minimum atomic E-state index is -0.238. The highest BCUT2D eigenvalue weighted by Crippen LogP contribution is 2.30. The van der Waals surface area contributed by atoms with Gasteiger partial charge in [-0.3, -0.25) is 0 Å². The number of ether oxygens (including phenoxy) is 1. The van der Waals surface area contributed by atoms with Crippen molar-refractivity contribution in [3.05, 3.63) is 22.7 Å². The summed E-state index contributed by atoms with van der Waals surface area (Å²) in [6.45, 7) is 4.56. The first-order chi connectivity index (χ1) is 8.46. The Morgan fingerprint density at radius 2 is 2.11 bits per heavy atom. The Morgan fingerprint density at radius 3 is 2.78 bits per heavy atom. The summed E-state index contributed by atoms with van der Waals surface area (Å²) in [6, 6.07) is 7.89. The van der Waals surface area contributed by atoms with Crippen molar-refractivity contribution in [1.82, 2.24) is 0 Å². The number of rotatable bonds is 6. The molecule has 0 spiro atoms. The molecule has 0 unspecified atom stereocenters. The van der Waals surface area contributed by atoms with Gasteiger partial charge < -0.3 is 10.5 Å². The average molecular weight is 311 g/mol. The highest BCUT2D eigenvalue weighted by atomic mass is 79.9. The Morgan fingerprint density at radius 1 is 1.39 bits per heavy atom. The molecule has 0 aromatic heterocycles. The predicted molar refractivity (Wildman–Crippen MR) is 77.3 cm³/mol. The normalized spacial score (nSPS) is 11.0. The summed E-state index contributed by atoms with van der Waals surface area (Å²) >= 11 is 3.40. The second-order valence-corrected chi connectivity index (χ2v) is 5.75. The lowest BCUT2D eigenvalue weighted by Gasteiger charge is -2.14. The summed E-state index contributed by atoms with van der Waals surface area (Å²) in [4.78, 5) is 0. The Labute approximate surface area is 117 Å². The minimum Gasteiger partial charge on any atom is -0.492 e. The van der Waals surface area contributed by atoms with E-state index in [0.29, 0.717) is 12.3 Å². The topological polar surface area (TPSA) is 59.0 Å². The van der Waals surface area contributed by atoms with E-state index in [1.807, 2.05) is 32.0 Å². The first-order valence-corrected chi connectivity index (χ1v) is 6.83. The molecule has 1 aromatic rings. The number of nitrogen functional groups attached to an aromatic ring is 1. The summed E-state index contributed by atoms with van der Waals surface area (Å²) in [5.74, 6) is 0.773. The van der Waals surface area contributed by atoms with E-state index in [0.717, 1.165) is 29.5 Å². The molecular formula is C14H19BrN2O. The largest absolute Gasteiger partial charge is 0.492 e. The third-order valence-corrected chi connectivity index (χ3v) is 3.60. The van der Waals surface area contributed by atoms with Gasteiger partial charge in [-0.25, -0.2) is 0 Å². The van der Waals surface area contributed by atoms with Gasteiger partial charge in [0, 0.05) is 5.69 Å². The predicted octanol–water partition coefficient (Wildman–Crippen LogP) is 4.13. The Balaban J connectivity index is 2.31. The maximum atomic E-state index is 8.89. The molecule has 98 valence electrons. The summed E-state index contributed by atoms with van der Waals surface area (Å²) < 4.78 is 6.46. The molecule has 2 N–H and O–H groups in total. The van der Waals surface area contributed by atoms with Crippen molar-refractivity contribution < 1.29 is 4.74 Å². The van der Waals surface area contributed by atoms with Crippen molar-refractivity contribution in [3.8, 4) is 11.8 Å². The molecule has 0 saturated carbocycles. The lowest BCUT2D eigenvalue weighted by Crippen LogP contribution is -2.08. The van der Waals surface area contributed by atoms with Gasteiger partial charge in [0.1, 0.15) is 5.75 Å². The molecule has 0 aliphatic carbocycles. The van der Waals surface area contributed by atoms with Crippen LogP contribution >= 0.6 is 15.9 Å². The average Bonchev–Trinajstić information content (AvgIpc) is 2.34.